The first kappa shape index (κ1) is 16.1. The molecule has 2 aromatic heterocycles. The molecule has 0 fully saturated rings. The molecule has 2 aromatic carbocycles. The average molecular weight is 385 g/mol. The highest BCUT2D eigenvalue weighted by atomic mass is 32.2. The fourth-order valence-corrected chi connectivity index (χ4v) is 4.43. The molecule has 2 heterocycles. The Morgan fingerprint density at radius 2 is 1.96 bits per heavy atom. The maximum Gasteiger partial charge on any atom is 0.257 e. The average Bonchev–Trinajstić information content (AvgIpc) is 3.29. The van der Waals surface area contributed by atoms with Crippen molar-refractivity contribution in [3.63, 3.8) is 0 Å². The van der Waals surface area contributed by atoms with E-state index < -0.39 is 0 Å². The first-order chi connectivity index (χ1) is 12.3. The van der Waals surface area contributed by atoms with Crippen molar-refractivity contribution >= 4 is 55.9 Å². The van der Waals surface area contributed by atoms with Crippen molar-refractivity contribution in [1.82, 2.24) is 19.8 Å². The molecule has 124 valence electrons. The standard InChI is InChI=1S/C16H11N5OS3/c22-14(11-6-7-12-13(8-11)25-21-18-12)17-15-19-20-16(24-15)23-9-10-4-2-1-3-5-10/h1-8H,9H2,(H,17,19,22). The van der Waals surface area contributed by atoms with Crippen LogP contribution in [0.3, 0.4) is 0 Å². The second-order valence-electron chi connectivity index (χ2n) is 5.06. The number of nitrogens with one attached hydrogen (secondary N) is 1. The van der Waals surface area contributed by atoms with Crippen LogP contribution in [-0.4, -0.2) is 25.7 Å². The summed E-state index contributed by atoms with van der Waals surface area (Å²) in [5.41, 5.74) is 2.56. The fourth-order valence-electron chi connectivity index (χ4n) is 2.13. The number of benzene rings is 2. The van der Waals surface area contributed by atoms with Crippen LogP contribution in [0.15, 0.2) is 52.9 Å². The van der Waals surface area contributed by atoms with Crippen LogP contribution in [0.1, 0.15) is 15.9 Å². The van der Waals surface area contributed by atoms with Crippen molar-refractivity contribution in [2.24, 2.45) is 0 Å². The number of rotatable bonds is 5. The van der Waals surface area contributed by atoms with E-state index in [9.17, 15) is 4.79 Å². The van der Waals surface area contributed by atoms with Gasteiger partial charge in [0.1, 0.15) is 5.52 Å². The molecule has 1 N–H and O–H groups in total. The third kappa shape index (κ3) is 3.84. The number of thioether (sulfide) groups is 1. The normalized spacial score (nSPS) is 10.9. The van der Waals surface area contributed by atoms with E-state index in [1.54, 1.807) is 30.0 Å². The van der Waals surface area contributed by atoms with Gasteiger partial charge in [0.2, 0.25) is 5.13 Å². The van der Waals surface area contributed by atoms with E-state index in [0.717, 1.165) is 20.3 Å². The number of fused-ring (bicyclic) bond motifs is 1. The van der Waals surface area contributed by atoms with Gasteiger partial charge in [0.15, 0.2) is 4.34 Å². The predicted octanol–water partition coefficient (Wildman–Crippen LogP) is 4.09. The third-order valence-corrected chi connectivity index (χ3v) is 6.07. The zero-order valence-corrected chi connectivity index (χ0v) is 15.2. The molecule has 0 bridgehead atoms. The summed E-state index contributed by atoms with van der Waals surface area (Å²) in [4.78, 5) is 12.4. The molecular weight excluding hydrogens is 374 g/mol. The summed E-state index contributed by atoms with van der Waals surface area (Å²) in [6.45, 7) is 0. The molecule has 0 saturated carbocycles. The van der Waals surface area contributed by atoms with Crippen molar-refractivity contribution < 1.29 is 4.79 Å². The molecule has 25 heavy (non-hydrogen) atoms. The van der Waals surface area contributed by atoms with E-state index in [1.807, 2.05) is 18.2 Å². The molecular formula is C16H11N5OS3. The SMILES string of the molecule is O=C(Nc1nnc(SCc2ccccc2)s1)c1ccc2nnsc2c1. The van der Waals surface area contributed by atoms with Gasteiger partial charge >= 0.3 is 0 Å². The Morgan fingerprint density at radius 3 is 2.84 bits per heavy atom. The summed E-state index contributed by atoms with van der Waals surface area (Å²) in [5.74, 6) is 0.601. The molecule has 0 aliphatic rings. The van der Waals surface area contributed by atoms with E-state index in [-0.39, 0.29) is 5.91 Å². The van der Waals surface area contributed by atoms with Crippen molar-refractivity contribution in [1.29, 1.82) is 0 Å². The van der Waals surface area contributed by atoms with E-state index >= 15 is 0 Å². The van der Waals surface area contributed by atoms with Gasteiger partial charge in [-0.2, -0.15) is 0 Å². The number of nitrogens with zero attached hydrogens (tertiary/aromatic N) is 4. The third-order valence-electron chi connectivity index (χ3n) is 3.34. The molecule has 0 aliphatic carbocycles. The monoisotopic (exact) mass is 385 g/mol. The predicted molar refractivity (Wildman–Crippen MR) is 101 cm³/mol. The lowest BCUT2D eigenvalue weighted by Crippen LogP contribution is -2.11. The largest absolute Gasteiger partial charge is 0.296 e. The molecule has 0 spiro atoms. The number of anilines is 1. The maximum atomic E-state index is 12.4. The Labute approximate surface area is 155 Å². The molecule has 0 saturated heterocycles. The van der Waals surface area contributed by atoms with Crippen LogP contribution in [-0.2, 0) is 5.75 Å². The fraction of sp³-hybridized carbons (Fsp3) is 0.0625. The topological polar surface area (TPSA) is 80.7 Å². The molecule has 6 nitrogen and oxygen atoms in total. The van der Waals surface area contributed by atoms with Crippen LogP contribution in [0.4, 0.5) is 5.13 Å². The van der Waals surface area contributed by atoms with Gasteiger partial charge in [-0.25, -0.2) is 0 Å². The van der Waals surface area contributed by atoms with E-state index in [4.69, 9.17) is 0 Å². The number of amides is 1. The van der Waals surface area contributed by atoms with Crippen molar-refractivity contribution in [3.8, 4) is 0 Å². The van der Waals surface area contributed by atoms with Crippen LogP contribution in [0, 0.1) is 0 Å². The van der Waals surface area contributed by atoms with Crippen LogP contribution in [0.2, 0.25) is 0 Å². The molecule has 0 atom stereocenters. The molecule has 4 rings (SSSR count). The van der Waals surface area contributed by atoms with Crippen molar-refractivity contribution in [2.45, 2.75) is 10.1 Å². The number of hydrogen-bond acceptors (Lipinski definition) is 8. The minimum atomic E-state index is -0.217. The molecule has 0 unspecified atom stereocenters. The number of carbonyl (C=O) groups excluding carboxylic acids is 1. The second kappa shape index (κ2) is 7.26. The zero-order valence-electron chi connectivity index (χ0n) is 12.7. The van der Waals surface area contributed by atoms with Crippen LogP contribution in [0.5, 0.6) is 0 Å². The zero-order chi connectivity index (χ0) is 17.1. The van der Waals surface area contributed by atoms with Gasteiger partial charge in [0.25, 0.3) is 5.91 Å². The Balaban J connectivity index is 1.40. The Bertz CT molecular complexity index is 1010. The first-order valence-electron chi connectivity index (χ1n) is 7.31. The second-order valence-corrected chi connectivity index (χ2v) is 8.04. The lowest BCUT2D eigenvalue weighted by molar-refractivity contribution is 0.102. The van der Waals surface area contributed by atoms with E-state index in [0.29, 0.717) is 10.7 Å². The molecule has 4 aromatic rings. The van der Waals surface area contributed by atoms with Gasteiger partial charge in [-0.1, -0.05) is 57.9 Å². The van der Waals surface area contributed by atoms with Gasteiger partial charge in [-0.3, -0.25) is 10.1 Å². The van der Waals surface area contributed by atoms with Gasteiger partial charge < -0.3 is 0 Å². The number of aromatic nitrogens is 4. The maximum absolute atomic E-state index is 12.4. The smallest absolute Gasteiger partial charge is 0.257 e. The Hall–Kier alpha value is -2.36. The molecule has 9 heteroatoms. The van der Waals surface area contributed by atoms with Crippen molar-refractivity contribution in [2.75, 3.05) is 5.32 Å². The van der Waals surface area contributed by atoms with E-state index in [1.165, 1.54) is 28.4 Å². The summed E-state index contributed by atoms with van der Waals surface area (Å²) in [7, 11) is 0. The summed E-state index contributed by atoms with van der Waals surface area (Å²) in [6.07, 6.45) is 0. The molecule has 1 amide bonds. The summed E-state index contributed by atoms with van der Waals surface area (Å²) < 4.78 is 5.57. The quantitative estimate of drug-likeness (QED) is 0.412. The molecule has 0 radical (unpaired) electrons. The highest BCUT2D eigenvalue weighted by Crippen LogP contribution is 2.28. The summed E-state index contributed by atoms with van der Waals surface area (Å²) >= 11 is 4.23. The van der Waals surface area contributed by atoms with Crippen LogP contribution < -0.4 is 5.32 Å². The Morgan fingerprint density at radius 1 is 1.08 bits per heavy atom. The number of hydrogen-bond donors (Lipinski definition) is 1. The summed E-state index contributed by atoms with van der Waals surface area (Å²) in [5, 5.41) is 15.4. The van der Waals surface area contributed by atoms with Gasteiger partial charge in [-0.05, 0) is 35.3 Å². The van der Waals surface area contributed by atoms with Gasteiger partial charge in [0, 0.05) is 11.3 Å². The highest BCUT2D eigenvalue weighted by Gasteiger charge is 2.12. The van der Waals surface area contributed by atoms with Crippen LogP contribution >= 0.6 is 34.6 Å². The highest BCUT2D eigenvalue weighted by molar-refractivity contribution is 8.00. The van der Waals surface area contributed by atoms with Gasteiger partial charge in [0.05, 0.1) is 4.70 Å². The summed E-state index contributed by atoms with van der Waals surface area (Å²) in [6, 6.07) is 15.4. The van der Waals surface area contributed by atoms with Gasteiger partial charge in [-0.15, -0.1) is 15.3 Å². The van der Waals surface area contributed by atoms with E-state index in [2.05, 4.69) is 37.2 Å². The minimum Gasteiger partial charge on any atom is -0.296 e. The van der Waals surface area contributed by atoms with Crippen molar-refractivity contribution in [3.05, 3.63) is 59.7 Å². The Kier molecular flexibility index (Phi) is 4.68. The molecule has 0 aliphatic heterocycles. The first-order valence-corrected chi connectivity index (χ1v) is 9.89. The lowest BCUT2D eigenvalue weighted by atomic mass is 10.2. The van der Waals surface area contributed by atoms with Crippen LogP contribution in [0.25, 0.3) is 10.2 Å². The lowest BCUT2D eigenvalue weighted by Gasteiger charge is -2.00. The minimum absolute atomic E-state index is 0.217. The number of carbonyl (C=O) groups is 1.